The van der Waals surface area contributed by atoms with Crippen LogP contribution in [-0.2, 0) is 5.75 Å². The van der Waals surface area contributed by atoms with Gasteiger partial charge in [-0.2, -0.15) is 0 Å². The summed E-state index contributed by atoms with van der Waals surface area (Å²) in [5.41, 5.74) is 3.03. The van der Waals surface area contributed by atoms with E-state index in [-0.39, 0.29) is 0 Å². The Kier molecular flexibility index (Phi) is 6.86. The standard InChI is InChI=1S/C27H19Cl2N3OS/c28-21-10-6-19(7-11-21)18-34-27-31-30-26(20-8-12-22(29)13-9-20)32(27)23-14-16-25(17-15-23)33-24-4-2-1-3-5-24/h1-17H,18H2. The Bertz CT molecular complexity index is 1370. The van der Waals surface area contributed by atoms with Gasteiger partial charge in [-0.1, -0.05) is 65.3 Å². The van der Waals surface area contributed by atoms with Crippen molar-refractivity contribution in [1.29, 1.82) is 0 Å². The molecule has 7 heteroatoms. The van der Waals surface area contributed by atoms with Crippen molar-refractivity contribution in [2.75, 3.05) is 0 Å². The van der Waals surface area contributed by atoms with Gasteiger partial charge in [0, 0.05) is 27.0 Å². The van der Waals surface area contributed by atoms with E-state index >= 15 is 0 Å². The van der Waals surface area contributed by atoms with Crippen molar-refractivity contribution >= 4 is 35.0 Å². The van der Waals surface area contributed by atoms with Gasteiger partial charge in [-0.15, -0.1) is 10.2 Å². The van der Waals surface area contributed by atoms with Gasteiger partial charge < -0.3 is 4.74 Å². The van der Waals surface area contributed by atoms with E-state index in [0.717, 1.165) is 50.1 Å². The van der Waals surface area contributed by atoms with Crippen LogP contribution >= 0.6 is 35.0 Å². The zero-order valence-electron chi connectivity index (χ0n) is 17.9. The topological polar surface area (TPSA) is 39.9 Å². The van der Waals surface area contributed by atoms with Crippen molar-refractivity contribution in [2.24, 2.45) is 0 Å². The minimum absolute atomic E-state index is 0.676. The van der Waals surface area contributed by atoms with Gasteiger partial charge in [0.15, 0.2) is 11.0 Å². The molecule has 5 aromatic rings. The molecule has 0 aliphatic heterocycles. The Morgan fingerprint density at radius 3 is 1.97 bits per heavy atom. The molecule has 0 atom stereocenters. The maximum atomic E-state index is 6.10. The number of thioether (sulfide) groups is 1. The third kappa shape index (κ3) is 5.28. The molecule has 4 nitrogen and oxygen atoms in total. The van der Waals surface area contributed by atoms with Crippen LogP contribution in [0.2, 0.25) is 10.0 Å². The summed E-state index contributed by atoms with van der Waals surface area (Å²) in [4.78, 5) is 0. The van der Waals surface area contributed by atoms with Gasteiger partial charge >= 0.3 is 0 Å². The molecule has 4 aromatic carbocycles. The molecule has 0 radical (unpaired) electrons. The molecule has 0 aliphatic carbocycles. The molecule has 0 bridgehead atoms. The zero-order chi connectivity index (χ0) is 23.3. The van der Waals surface area contributed by atoms with Crippen LogP contribution in [0, 0.1) is 0 Å². The van der Waals surface area contributed by atoms with Gasteiger partial charge in [-0.25, -0.2) is 0 Å². The third-order valence-electron chi connectivity index (χ3n) is 5.09. The molecule has 0 amide bonds. The van der Waals surface area contributed by atoms with Crippen LogP contribution in [0.1, 0.15) is 5.56 Å². The number of rotatable bonds is 7. The van der Waals surface area contributed by atoms with Crippen molar-refractivity contribution in [3.63, 3.8) is 0 Å². The predicted molar refractivity (Wildman–Crippen MR) is 139 cm³/mol. The molecule has 5 rings (SSSR count). The summed E-state index contributed by atoms with van der Waals surface area (Å²) >= 11 is 13.7. The van der Waals surface area contributed by atoms with Crippen molar-refractivity contribution in [1.82, 2.24) is 14.8 Å². The van der Waals surface area contributed by atoms with Crippen LogP contribution in [0.3, 0.4) is 0 Å². The summed E-state index contributed by atoms with van der Waals surface area (Å²) in [6.45, 7) is 0. The number of ether oxygens (including phenoxy) is 1. The molecule has 0 fully saturated rings. The number of para-hydroxylation sites is 1. The number of hydrogen-bond acceptors (Lipinski definition) is 4. The van der Waals surface area contributed by atoms with Crippen LogP contribution in [0.5, 0.6) is 11.5 Å². The van der Waals surface area contributed by atoms with Crippen LogP contribution in [0.15, 0.2) is 108 Å². The molecule has 0 saturated heterocycles. The highest BCUT2D eigenvalue weighted by Gasteiger charge is 2.16. The monoisotopic (exact) mass is 503 g/mol. The first-order valence-electron chi connectivity index (χ1n) is 10.6. The number of benzene rings is 4. The third-order valence-corrected chi connectivity index (χ3v) is 6.59. The lowest BCUT2D eigenvalue weighted by molar-refractivity contribution is 0.482. The average Bonchev–Trinajstić information content (AvgIpc) is 3.29. The highest BCUT2D eigenvalue weighted by Crippen LogP contribution is 2.32. The smallest absolute Gasteiger partial charge is 0.196 e. The van der Waals surface area contributed by atoms with Crippen molar-refractivity contribution in [3.05, 3.63) is 119 Å². The number of aromatic nitrogens is 3. The van der Waals surface area contributed by atoms with Gasteiger partial charge in [0.25, 0.3) is 0 Å². The molecule has 34 heavy (non-hydrogen) atoms. The molecule has 168 valence electrons. The fourth-order valence-corrected chi connectivity index (χ4v) is 4.56. The van der Waals surface area contributed by atoms with E-state index < -0.39 is 0 Å². The van der Waals surface area contributed by atoms with Gasteiger partial charge in [0.05, 0.1) is 0 Å². The van der Waals surface area contributed by atoms with E-state index in [1.807, 2.05) is 103 Å². The van der Waals surface area contributed by atoms with E-state index in [0.29, 0.717) is 5.02 Å². The van der Waals surface area contributed by atoms with Crippen LogP contribution in [0.25, 0.3) is 17.1 Å². The van der Waals surface area contributed by atoms with Crippen LogP contribution in [-0.4, -0.2) is 14.8 Å². The summed E-state index contributed by atoms with van der Waals surface area (Å²) in [5.74, 6) is 3.03. The highest BCUT2D eigenvalue weighted by molar-refractivity contribution is 7.98. The Balaban J connectivity index is 1.47. The summed E-state index contributed by atoms with van der Waals surface area (Å²) < 4.78 is 8.00. The first-order chi connectivity index (χ1) is 16.7. The summed E-state index contributed by atoms with van der Waals surface area (Å²) in [6, 6.07) is 33.1. The van der Waals surface area contributed by atoms with Crippen LogP contribution in [0.4, 0.5) is 0 Å². The molecule has 0 unspecified atom stereocenters. The molecule has 0 saturated carbocycles. The number of nitrogens with zero attached hydrogens (tertiary/aromatic N) is 3. The van der Waals surface area contributed by atoms with Gasteiger partial charge in [0.1, 0.15) is 11.5 Å². The predicted octanol–water partition coefficient (Wildman–Crippen LogP) is 8.33. The lowest BCUT2D eigenvalue weighted by atomic mass is 10.2. The molecule has 0 spiro atoms. The Hall–Kier alpha value is -3.25. The fourth-order valence-electron chi connectivity index (χ4n) is 3.40. The largest absolute Gasteiger partial charge is 0.457 e. The van der Waals surface area contributed by atoms with Gasteiger partial charge in [-0.05, 0) is 78.4 Å². The van der Waals surface area contributed by atoms with Crippen molar-refractivity contribution < 1.29 is 4.74 Å². The second-order valence-electron chi connectivity index (χ2n) is 7.47. The van der Waals surface area contributed by atoms with Crippen molar-refractivity contribution in [2.45, 2.75) is 10.9 Å². The van der Waals surface area contributed by atoms with E-state index in [4.69, 9.17) is 27.9 Å². The highest BCUT2D eigenvalue weighted by atomic mass is 35.5. The SMILES string of the molecule is Clc1ccc(CSc2nnc(-c3ccc(Cl)cc3)n2-c2ccc(Oc3ccccc3)cc2)cc1. The molecular formula is C27H19Cl2N3OS. The molecule has 1 aromatic heterocycles. The lowest BCUT2D eigenvalue weighted by Crippen LogP contribution is -2.00. The van der Waals surface area contributed by atoms with Crippen LogP contribution < -0.4 is 4.74 Å². The maximum absolute atomic E-state index is 6.10. The molecule has 0 N–H and O–H groups in total. The Labute approximate surface area is 212 Å². The van der Waals surface area contributed by atoms with E-state index in [2.05, 4.69) is 14.8 Å². The quantitative estimate of drug-likeness (QED) is 0.209. The summed E-state index contributed by atoms with van der Waals surface area (Å²) in [7, 11) is 0. The van der Waals surface area contributed by atoms with Gasteiger partial charge in [0.2, 0.25) is 0 Å². The second kappa shape index (κ2) is 10.3. The zero-order valence-corrected chi connectivity index (χ0v) is 20.3. The molecular weight excluding hydrogens is 485 g/mol. The maximum Gasteiger partial charge on any atom is 0.196 e. The minimum atomic E-state index is 0.676. The second-order valence-corrected chi connectivity index (χ2v) is 9.29. The Morgan fingerprint density at radius 2 is 1.29 bits per heavy atom. The van der Waals surface area contributed by atoms with E-state index in [1.54, 1.807) is 11.8 Å². The fraction of sp³-hybridized carbons (Fsp3) is 0.0370. The van der Waals surface area contributed by atoms with Crippen molar-refractivity contribution in [3.8, 4) is 28.6 Å². The van der Waals surface area contributed by atoms with E-state index in [1.165, 1.54) is 0 Å². The summed E-state index contributed by atoms with van der Waals surface area (Å²) in [6.07, 6.45) is 0. The number of hydrogen-bond donors (Lipinski definition) is 0. The van der Waals surface area contributed by atoms with E-state index in [9.17, 15) is 0 Å². The number of halogens is 2. The van der Waals surface area contributed by atoms with Gasteiger partial charge in [-0.3, -0.25) is 4.57 Å². The first kappa shape index (κ1) is 22.5. The molecule has 1 heterocycles. The Morgan fingerprint density at radius 1 is 0.676 bits per heavy atom. The molecule has 0 aliphatic rings. The average molecular weight is 504 g/mol. The first-order valence-corrected chi connectivity index (χ1v) is 12.3. The normalized spacial score (nSPS) is 10.9. The minimum Gasteiger partial charge on any atom is -0.457 e. The summed E-state index contributed by atoms with van der Waals surface area (Å²) in [5, 5.41) is 11.2. The lowest BCUT2D eigenvalue weighted by Gasteiger charge is -2.12.